The standard InChI is InChI=1S/C16H16Se/c1-2-15(13-14-9-5-3-6-10-14)17-16-11-7-4-8-12-16/h3-13H,2H2,1H3/b15-13+. The molecular weight excluding hydrogens is 271 g/mol. The van der Waals surface area contributed by atoms with Crippen LogP contribution >= 0.6 is 0 Å². The van der Waals surface area contributed by atoms with Crippen molar-refractivity contribution in [2.45, 2.75) is 13.3 Å². The van der Waals surface area contributed by atoms with Crippen LogP contribution in [0.5, 0.6) is 0 Å². The Morgan fingerprint density at radius 1 is 0.941 bits per heavy atom. The molecule has 0 aliphatic rings. The Morgan fingerprint density at radius 2 is 1.53 bits per heavy atom. The summed E-state index contributed by atoms with van der Waals surface area (Å²) >= 11 is 0.450. The summed E-state index contributed by atoms with van der Waals surface area (Å²) in [4.78, 5) is 0. The second-order valence-corrected chi connectivity index (χ2v) is 6.31. The van der Waals surface area contributed by atoms with Crippen LogP contribution in [0, 0.1) is 0 Å². The minimum absolute atomic E-state index is 0.450. The second kappa shape index (κ2) is 6.44. The van der Waals surface area contributed by atoms with Gasteiger partial charge in [-0.2, -0.15) is 0 Å². The minimum atomic E-state index is 0.450. The zero-order chi connectivity index (χ0) is 11.9. The van der Waals surface area contributed by atoms with Crippen LogP contribution in [0.4, 0.5) is 0 Å². The van der Waals surface area contributed by atoms with Gasteiger partial charge in [-0.05, 0) is 0 Å². The van der Waals surface area contributed by atoms with Gasteiger partial charge in [0.05, 0.1) is 0 Å². The second-order valence-electron chi connectivity index (χ2n) is 3.79. The van der Waals surface area contributed by atoms with Gasteiger partial charge in [0, 0.05) is 0 Å². The molecule has 0 saturated heterocycles. The summed E-state index contributed by atoms with van der Waals surface area (Å²) in [5.74, 6) is 0. The molecule has 2 rings (SSSR count). The summed E-state index contributed by atoms with van der Waals surface area (Å²) in [7, 11) is 0. The third-order valence-electron chi connectivity index (χ3n) is 2.47. The monoisotopic (exact) mass is 288 g/mol. The molecular formula is C16H16Se. The van der Waals surface area contributed by atoms with Crippen molar-refractivity contribution in [2.24, 2.45) is 0 Å². The van der Waals surface area contributed by atoms with Crippen LogP contribution in [-0.2, 0) is 0 Å². The third-order valence-corrected chi connectivity index (χ3v) is 4.94. The van der Waals surface area contributed by atoms with Crippen molar-refractivity contribution in [3.63, 3.8) is 0 Å². The molecule has 0 spiro atoms. The third kappa shape index (κ3) is 3.89. The molecule has 0 nitrogen and oxygen atoms in total. The molecule has 0 saturated carbocycles. The summed E-state index contributed by atoms with van der Waals surface area (Å²) in [5, 5.41) is 0. The maximum absolute atomic E-state index is 2.33. The van der Waals surface area contributed by atoms with Crippen LogP contribution in [0.1, 0.15) is 18.9 Å². The van der Waals surface area contributed by atoms with Crippen molar-refractivity contribution in [1.82, 2.24) is 0 Å². The average molecular weight is 287 g/mol. The fraction of sp³-hybridized carbons (Fsp3) is 0.125. The Bertz CT molecular complexity index is 471. The predicted octanol–water partition coefficient (Wildman–Crippen LogP) is 3.47. The number of benzene rings is 2. The molecule has 17 heavy (non-hydrogen) atoms. The summed E-state index contributed by atoms with van der Waals surface area (Å²) in [6.07, 6.45) is 3.46. The summed E-state index contributed by atoms with van der Waals surface area (Å²) in [6.45, 7) is 2.24. The first-order valence-corrected chi connectivity index (χ1v) is 7.58. The number of hydrogen-bond acceptors (Lipinski definition) is 0. The van der Waals surface area contributed by atoms with Crippen LogP contribution in [-0.4, -0.2) is 15.0 Å². The van der Waals surface area contributed by atoms with E-state index in [2.05, 4.69) is 73.7 Å². The summed E-state index contributed by atoms with van der Waals surface area (Å²) in [6, 6.07) is 21.3. The fourth-order valence-corrected chi connectivity index (χ4v) is 3.54. The SMILES string of the molecule is CC/C(=C\c1ccccc1)[Se]c1ccccc1. The summed E-state index contributed by atoms with van der Waals surface area (Å²) in [5.41, 5.74) is 1.31. The van der Waals surface area contributed by atoms with Gasteiger partial charge in [-0.25, -0.2) is 0 Å². The van der Waals surface area contributed by atoms with E-state index in [-0.39, 0.29) is 0 Å². The number of rotatable bonds is 4. The normalized spacial score (nSPS) is 11.5. The Labute approximate surface area is 110 Å². The van der Waals surface area contributed by atoms with E-state index >= 15 is 0 Å². The van der Waals surface area contributed by atoms with Crippen LogP contribution in [0.2, 0.25) is 0 Å². The molecule has 0 amide bonds. The van der Waals surface area contributed by atoms with E-state index in [9.17, 15) is 0 Å². The van der Waals surface area contributed by atoms with E-state index in [4.69, 9.17) is 0 Å². The van der Waals surface area contributed by atoms with Gasteiger partial charge < -0.3 is 0 Å². The Hall–Kier alpha value is -1.30. The molecule has 86 valence electrons. The van der Waals surface area contributed by atoms with Crippen molar-refractivity contribution in [2.75, 3.05) is 0 Å². The first-order chi connectivity index (χ1) is 8.38. The quantitative estimate of drug-likeness (QED) is 0.755. The molecule has 0 heterocycles. The molecule has 2 aromatic carbocycles. The van der Waals surface area contributed by atoms with Gasteiger partial charge in [-0.3, -0.25) is 0 Å². The molecule has 2 aromatic rings. The molecule has 0 unspecified atom stereocenters. The van der Waals surface area contributed by atoms with Gasteiger partial charge in [0.2, 0.25) is 0 Å². The Morgan fingerprint density at radius 3 is 2.12 bits per heavy atom. The van der Waals surface area contributed by atoms with E-state index in [1.54, 1.807) is 0 Å². The maximum atomic E-state index is 2.33. The predicted molar refractivity (Wildman–Crippen MR) is 76.5 cm³/mol. The molecule has 0 fully saturated rings. The van der Waals surface area contributed by atoms with Crippen LogP contribution in [0.15, 0.2) is 65.1 Å². The van der Waals surface area contributed by atoms with Crippen LogP contribution in [0.25, 0.3) is 6.08 Å². The topological polar surface area (TPSA) is 0 Å². The molecule has 0 N–H and O–H groups in total. The van der Waals surface area contributed by atoms with Crippen molar-refractivity contribution >= 4 is 25.5 Å². The van der Waals surface area contributed by atoms with E-state index < -0.39 is 0 Å². The number of hydrogen-bond donors (Lipinski definition) is 0. The zero-order valence-corrected chi connectivity index (χ0v) is 11.7. The van der Waals surface area contributed by atoms with Gasteiger partial charge in [-0.15, -0.1) is 0 Å². The molecule has 0 atom stereocenters. The van der Waals surface area contributed by atoms with Gasteiger partial charge in [0.25, 0.3) is 0 Å². The van der Waals surface area contributed by atoms with E-state index in [1.165, 1.54) is 14.5 Å². The van der Waals surface area contributed by atoms with Gasteiger partial charge in [-0.1, -0.05) is 0 Å². The molecule has 0 aromatic heterocycles. The molecule has 1 heteroatoms. The van der Waals surface area contributed by atoms with Crippen LogP contribution < -0.4 is 4.46 Å². The summed E-state index contributed by atoms with van der Waals surface area (Å²) < 4.78 is 2.99. The van der Waals surface area contributed by atoms with Crippen LogP contribution in [0.3, 0.4) is 0 Å². The first-order valence-electron chi connectivity index (χ1n) is 5.87. The first kappa shape index (κ1) is 12.2. The average Bonchev–Trinajstić information content (AvgIpc) is 2.40. The van der Waals surface area contributed by atoms with E-state index in [1.807, 2.05) is 0 Å². The van der Waals surface area contributed by atoms with Gasteiger partial charge in [0.1, 0.15) is 0 Å². The van der Waals surface area contributed by atoms with E-state index in [0.29, 0.717) is 15.0 Å². The van der Waals surface area contributed by atoms with Gasteiger partial charge in [0.15, 0.2) is 0 Å². The van der Waals surface area contributed by atoms with Crippen molar-refractivity contribution in [1.29, 1.82) is 0 Å². The Kier molecular flexibility index (Phi) is 4.61. The fourth-order valence-electron chi connectivity index (χ4n) is 1.58. The van der Waals surface area contributed by atoms with Crippen molar-refractivity contribution in [3.8, 4) is 0 Å². The molecule has 0 aliphatic carbocycles. The molecule has 0 radical (unpaired) electrons. The zero-order valence-electron chi connectivity index (χ0n) is 9.97. The number of allylic oxidation sites excluding steroid dienone is 1. The van der Waals surface area contributed by atoms with E-state index in [0.717, 1.165) is 6.42 Å². The molecule has 0 bridgehead atoms. The van der Waals surface area contributed by atoms with Crippen molar-refractivity contribution < 1.29 is 0 Å². The Balaban J connectivity index is 2.15. The van der Waals surface area contributed by atoms with Gasteiger partial charge >= 0.3 is 110 Å². The van der Waals surface area contributed by atoms with Crippen molar-refractivity contribution in [3.05, 3.63) is 70.7 Å². The molecule has 0 aliphatic heterocycles.